The maximum Gasteiger partial charge on any atom is 0.255 e. The lowest BCUT2D eigenvalue weighted by Crippen LogP contribution is -2.11. The van der Waals surface area contributed by atoms with Crippen molar-refractivity contribution in [1.29, 1.82) is 0 Å². The van der Waals surface area contributed by atoms with Gasteiger partial charge in [0, 0.05) is 16.8 Å². The number of anilines is 1. The van der Waals surface area contributed by atoms with E-state index >= 15 is 0 Å². The van der Waals surface area contributed by atoms with Gasteiger partial charge in [-0.3, -0.25) is 4.79 Å². The van der Waals surface area contributed by atoms with Crippen LogP contribution in [0.4, 0.5) is 5.69 Å². The smallest absolute Gasteiger partial charge is 0.255 e. The summed E-state index contributed by atoms with van der Waals surface area (Å²) < 4.78 is 23.1. The third kappa shape index (κ3) is 3.91. The minimum atomic E-state index is -0.243. The van der Waals surface area contributed by atoms with Crippen LogP contribution in [0.15, 0.2) is 66.9 Å². The number of nitrogens with zero attached hydrogens (tertiary/aromatic N) is 3. The molecule has 1 amide bonds. The van der Waals surface area contributed by atoms with Crippen LogP contribution in [0.5, 0.6) is 23.0 Å². The molecule has 1 aromatic heterocycles. The van der Waals surface area contributed by atoms with Gasteiger partial charge in [0.05, 0.1) is 31.8 Å². The number of amides is 1. The van der Waals surface area contributed by atoms with Crippen molar-refractivity contribution in [2.24, 2.45) is 0 Å². The minimum absolute atomic E-state index is 0.162. The second kappa shape index (κ2) is 8.54. The van der Waals surface area contributed by atoms with Crippen LogP contribution in [0.25, 0.3) is 16.9 Å². The Morgan fingerprint density at radius 2 is 1.73 bits per heavy atom. The second-order valence-corrected chi connectivity index (χ2v) is 7.17. The number of methoxy groups -OCH3 is 2. The molecular formula is C24H20N4O5. The first-order valence-corrected chi connectivity index (χ1v) is 10.1. The molecule has 9 heteroatoms. The predicted molar refractivity (Wildman–Crippen MR) is 120 cm³/mol. The van der Waals surface area contributed by atoms with Crippen molar-refractivity contribution in [2.75, 3.05) is 26.3 Å². The number of fused-ring (bicyclic) bond motifs is 1. The SMILES string of the molecule is COc1ccc(-c2cnnn2-c2ccc(NC(=O)c3ccc4c(c3)OCO4)cc2)cc1OC. The lowest BCUT2D eigenvalue weighted by molar-refractivity contribution is 0.102. The van der Waals surface area contributed by atoms with E-state index in [1.807, 2.05) is 30.3 Å². The molecule has 0 spiro atoms. The van der Waals surface area contributed by atoms with Crippen molar-refractivity contribution in [3.05, 3.63) is 72.4 Å². The van der Waals surface area contributed by atoms with E-state index in [0.29, 0.717) is 34.2 Å². The van der Waals surface area contributed by atoms with E-state index in [1.165, 1.54) is 0 Å². The van der Waals surface area contributed by atoms with Crippen molar-refractivity contribution < 1.29 is 23.7 Å². The van der Waals surface area contributed by atoms with E-state index in [4.69, 9.17) is 18.9 Å². The van der Waals surface area contributed by atoms with Crippen LogP contribution in [0.1, 0.15) is 10.4 Å². The highest BCUT2D eigenvalue weighted by molar-refractivity contribution is 6.04. The Kier molecular flexibility index (Phi) is 5.27. The minimum Gasteiger partial charge on any atom is -0.493 e. The molecule has 0 radical (unpaired) electrons. The Labute approximate surface area is 189 Å². The molecule has 33 heavy (non-hydrogen) atoms. The van der Waals surface area contributed by atoms with Crippen molar-refractivity contribution in [3.8, 4) is 39.9 Å². The molecule has 3 aromatic carbocycles. The van der Waals surface area contributed by atoms with Crippen LogP contribution in [0.3, 0.4) is 0 Å². The summed E-state index contributed by atoms with van der Waals surface area (Å²) in [6.45, 7) is 0.162. The molecule has 166 valence electrons. The fraction of sp³-hybridized carbons (Fsp3) is 0.125. The number of hydrogen-bond donors (Lipinski definition) is 1. The molecule has 1 aliphatic rings. The monoisotopic (exact) mass is 444 g/mol. The predicted octanol–water partition coefficient (Wildman–Crippen LogP) is 3.93. The molecule has 4 aromatic rings. The summed E-state index contributed by atoms with van der Waals surface area (Å²) in [5.74, 6) is 2.21. The van der Waals surface area contributed by atoms with Gasteiger partial charge in [-0.2, -0.15) is 0 Å². The Morgan fingerprint density at radius 3 is 2.52 bits per heavy atom. The van der Waals surface area contributed by atoms with Gasteiger partial charge in [0.15, 0.2) is 23.0 Å². The molecule has 1 aliphatic heterocycles. The fourth-order valence-electron chi connectivity index (χ4n) is 3.55. The summed E-state index contributed by atoms with van der Waals surface area (Å²) in [6, 6.07) is 18.0. The van der Waals surface area contributed by atoms with Crippen molar-refractivity contribution >= 4 is 11.6 Å². The van der Waals surface area contributed by atoms with E-state index < -0.39 is 0 Å². The van der Waals surface area contributed by atoms with Crippen LogP contribution in [-0.4, -0.2) is 41.9 Å². The largest absolute Gasteiger partial charge is 0.493 e. The van der Waals surface area contributed by atoms with E-state index in [0.717, 1.165) is 16.9 Å². The lowest BCUT2D eigenvalue weighted by atomic mass is 10.1. The number of carbonyl (C=O) groups is 1. The molecule has 2 heterocycles. The van der Waals surface area contributed by atoms with Gasteiger partial charge in [0.25, 0.3) is 5.91 Å². The number of ether oxygens (including phenoxy) is 4. The maximum atomic E-state index is 12.6. The number of nitrogens with one attached hydrogen (secondary N) is 1. The van der Waals surface area contributed by atoms with Crippen LogP contribution in [0, 0.1) is 0 Å². The second-order valence-electron chi connectivity index (χ2n) is 7.17. The molecule has 0 unspecified atom stereocenters. The van der Waals surface area contributed by atoms with Crippen molar-refractivity contribution in [1.82, 2.24) is 15.0 Å². The summed E-state index contributed by atoms with van der Waals surface area (Å²) in [7, 11) is 3.18. The molecule has 0 bridgehead atoms. The first kappa shape index (κ1) is 20.4. The van der Waals surface area contributed by atoms with Gasteiger partial charge < -0.3 is 24.3 Å². The summed E-state index contributed by atoms with van der Waals surface area (Å²) in [5.41, 5.74) is 3.58. The molecule has 9 nitrogen and oxygen atoms in total. The zero-order valence-electron chi connectivity index (χ0n) is 17.9. The molecule has 0 fully saturated rings. The van der Waals surface area contributed by atoms with Crippen LogP contribution in [0.2, 0.25) is 0 Å². The van der Waals surface area contributed by atoms with E-state index in [9.17, 15) is 4.79 Å². The molecular weight excluding hydrogens is 424 g/mol. The van der Waals surface area contributed by atoms with Gasteiger partial charge >= 0.3 is 0 Å². The number of hydrogen-bond acceptors (Lipinski definition) is 7. The Hall–Kier alpha value is -4.53. The van der Waals surface area contributed by atoms with Crippen molar-refractivity contribution in [2.45, 2.75) is 0 Å². The van der Waals surface area contributed by atoms with Gasteiger partial charge in [-0.05, 0) is 60.7 Å². The Bertz CT molecular complexity index is 1320. The van der Waals surface area contributed by atoms with Gasteiger partial charge in [-0.25, -0.2) is 4.68 Å². The Balaban J connectivity index is 1.36. The highest BCUT2D eigenvalue weighted by Gasteiger charge is 2.17. The highest BCUT2D eigenvalue weighted by Crippen LogP contribution is 2.34. The maximum absolute atomic E-state index is 12.6. The third-order valence-electron chi connectivity index (χ3n) is 5.23. The van der Waals surface area contributed by atoms with Gasteiger partial charge in [-0.15, -0.1) is 5.10 Å². The highest BCUT2D eigenvalue weighted by atomic mass is 16.7. The number of aromatic nitrogens is 3. The lowest BCUT2D eigenvalue weighted by Gasteiger charge is -2.11. The van der Waals surface area contributed by atoms with E-state index in [2.05, 4.69) is 15.6 Å². The summed E-state index contributed by atoms with van der Waals surface area (Å²) in [6.07, 6.45) is 1.68. The Morgan fingerprint density at radius 1 is 0.939 bits per heavy atom. The quantitative estimate of drug-likeness (QED) is 0.481. The summed E-state index contributed by atoms with van der Waals surface area (Å²) in [5, 5.41) is 11.2. The number of rotatable bonds is 6. The third-order valence-corrected chi connectivity index (χ3v) is 5.23. The van der Waals surface area contributed by atoms with E-state index in [-0.39, 0.29) is 12.7 Å². The molecule has 1 N–H and O–H groups in total. The zero-order chi connectivity index (χ0) is 22.8. The average Bonchev–Trinajstić information content (AvgIpc) is 3.53. The normalized spacial score (nSPS) is 11.8. The molecule has 0 aliphatic carbocycles. The summed E-state index contributed by atoms with van der Waals surface area (Å²) >= 11 is 0. The zero-order valence-corrected chi connectivity index (χ0v) is 17.9. The van der Waals surface area contributed by atoms with Crippen LogP contribution in [-0.2, 0) is 0 Å². The standard InChI is InChI=1S/C24H20N4O5/c1-30-20-9-3-15(11-22(20)31-2)19-13-25-27-28(19)18-7-5-17(6-8-18)26-24(29)16-4-10-21-23(12-16)33-14-32-21/h3-13H,14H2,1-2H3,(H,26,29). The van der Waals surface area contributed by atoms with Crippen LogP contribution < -0.4 is 24.3 Å². The summed E-state index contributed by atoms with van der Waals surface area (Å²) in [4.78, 5) is 12.6. The molecule has 0 saturated heterocycles. The number of carbonyl (C=O) groups excluding carboxylic acids is 1. The molecule has 5 rings (SSSR count). The molecule has 0 saturated carbocycles. The van der Waals surface area contributed by atoms with Crippen molar-refractivity contribution in [3.63, 3.8) is 0 Å². The average molecular weight is 444 g/mol. The number of benzene rings is 3. The van der Waals surface area contributed by atoms with Crippen LogP contribution >= 0.6 is 0 Å². The van der Waals surface area contributed by atoms with Gasteiger partial charge in [0.1, 0.15) is 0 Å². The van der Waals surface area contributed by atoms with Gasteiger partial charge in [0.2, 0.25) is 6.79 Å². The van der Waals surface area contributed by atoms with E-state index in [1.54, 1.807) is 55.4 Å². The van der Waals surface area contributed by atoms with Gasteiger partial charge in [-0.1, -0.05) is 5.21 Å². The molecule has 0 atom stereocenters. The topological polar surface area (TPSA) is 96.7 Å². The first-order valence-electron chi connectivity index (χ1n) is 10.1. The fourth-order valence-corrected chi connectivity index (χ4v) is 3.55. The first-order chi connectivity index (χ1) is 16.2.